The Balaban J connectivity index is 1.84. The minimum absolute atomic E-state index is 0.633. The highest BCUT2D eigenvalue weighted by atomic mass is 14.9. The molecule has 0 aliphatic heterocycles. The molecule has 92 valence electrons. The molecule has 1 N–H and O–H groups in total. The van der Waals surface area contributed by atoms with Crippen LogP contribution in [0.25, 0.3) is 0 Å². The van der Waals surface area contributed by atoms with Crippen LogP contribution in [0.2, 0.25) is 0 Å². The minimum Gasteiger partial charge on any atom is -0.342 e. The summed E-state index contributed by atoms with van der Waals surface area (Å²) in [6, 6.07) is 4.80. The van der Waals surface area contributed by atoms with Gasteiger partial charge < -0.3 is 9.88 Å². The molecule has 1 saturated carbocycles. The molecule has 0 saturated heterocycles. The normalized spacial score (nSPS) is 16.8. The van der Waals surface area contributed by atoms with Crippen molar-refractivity contribution in [1.29, 1.82) is 5.26 Å². The second kappa shape index (κ2) is 5.37. The maximum absolute atomic E-state index is 8.89. The van der Waals surface area contributed by atoms with Gasteiger partial charge in [-0.25, -0.2) is 0 Å². The fraction of sp³-hybridized carbons (Fsp3) is 0.643. The van der Waals surface area contributed by atoms with E-state index >= 15 is 0 Å². The molecule has 17 heavy (non-hydrogen) atoms. The van der Waals surface area contributed by atoms with E-state index in [9.17, 15) is 0 Å². The first-order valence-corrected chi connectivity index (χ1v) is 6.51. The third-order valence-electron chi connectivity index (χ3n) is 3.58. The molecule has 0 radical (unpaired) electrons. The summed E-state index contributed by atoms with van der Waals surface area (Å²) in [7, 11) is 1.92. The Morgan fingerprint density at radius 1 is 1.59 bits per heavy atom. The van der Waals surface area contributed by atoms with Crippen molar-refractivity contribution in [1.82, 2.24) is 9.88 Å². The van der Waals surface area contributed by atoms with Gasteiger partial charge in [0.2, 0.25) is 0 Å². The maximum Gasteiger partial charge on any atom is 0.120 e. The van der Waals surface area contributed by atoms with E-state index in [0.29, 0.717) is 6.04 Å². The van der Waals surface area contributed by atoms with Gasteiger partial charge in [0.25, 0.3) is 0 Å². The first kappa shape index (κ1) is 12.2. The number of hydrogen-bond donors (Lipinski definition) is 1. The summed E-state index contributed by atoms with van der Waals surface area (Å²) >= 11 is 0. The van der Waals surface area contributed by atoms with Crippen LogP contribution in [0.1, 0.15) is 43.9 Å². The zero-order chi connectivity index (χ0) is 12.3. The minimum atomic E-state index is 0.633. The van der Waals surface area contributed by atoms with Crippen molar-refractivity contribution in [3.63, 3.8) is 0 Å². The lowest BCUT2D eigenvalue weighted by atomic mass is 10.1. The summed E-state index contributed by atoms with van der Waals surface area (Å²) < 4.78 is 1.89. The van der Waals surface area contributed by atoms with Gasteiger partial charge in [0.05, 0.1) is 0 Å². The van der Waals surface area contributed by atoms with Gasteiger partial charge in [-0.15, -0.1) is 0 Å². The molecule has 0 amide bonds. The van der Waals surface area contributed by atoms with Gasteiger partial charge in [-0.3, -0.25) is 0 Å². The molecule has 3 heteroatoms. The van der Waals surface area contributed by atoms with E-state index < -0.39 is 0 Å². The molecule has 3 nitrogen and oxygen atoms in total. The summed E-state index contributed by atoms with van der Waals surface area (Å²) in [5.74, 6) is 0.970. The van der Waals surface area contributed by atoms with Crippen molar-refractivity contribution in [2.24, 2.45) is 13.0 Å². The third kappa shape index (κ3) is 3.34. The second-order valence-corrected chi connectivity index (χ2v) is 5.12. The Bertz CT molecular complexity index is 410. The van der Waals surface area contributed by atoms with E-state index in [-0.39, 0.29) is 0 Å². The molecule has 1 unspecified atom stereocenters. The van der Waals surface area contributed by atoms with E-state index in [0.717, 1.165) is 18.2 Å². The molecular formula is C14H21N3. The number of nitriles is 1. The van der Waals surface area contributed by atoms with Crippen molar-refractivity contribution in [3.05, 3.63) is 23.5 Å². The number of nitrogens with one attached hydrogen (secondary N) is 1. The van der Waals surface area contributed by atoms with Crippen LogP contribution in [0.5, 0.6) is 0 Å². The van der Waals surface area contributed by atoms with Crippen LogP contribution in [0.4, 0.5) is 0 Å². The molecule has 1 heterocycles. The molecule has 1 aliphatic carbocycles. The van der Waals surface area contributed by atoms with E-state index in [1.165, 1.54) is 31.2 Å². The molecule has 1 aliphatic rings. The van der Waals surface area contributed by atoms with Gasteiger partial charge in [-0.1, -0.05) is 19.8 Å². The summed E-state index contributed by atoms with van der Waals surface area (Å²) in [5, 5.41) is 12.5. The van der Waals surface area contributed by atoms with Crippen LogP contribution in [0.15, 0.2) is 12.3 Å². The molecule has 2 rings (SSSR count). The Hall–Kier alpha value is -1.27. The molecule has 0 aromatic carbocycles. The van der Waals surface area contributed by atoms with E-state index in [4.69, 9.17) is 5.26 Å². The summed E-state index contributed by atoms with van der Waals surface area (Å²) in [5.41, 5.74) is 1.94. The number of aromatic nitrogens is 1. The maximum atomic E-state index is 8.89. The Labute approximate surface area is 103 Å². The van der Waals surface area contributed by atoms with Gasteiger partial charge in [-0.05, 0) is 30.4 Å². The van der Waals surface area contributed by atoms with Crippen molar-refractivity contribution in [2.45, 2.75) is 45.2 Å². The predicted molar refractivity (Wildman–Crippen MR) is 68.4 cm³/mol. The fourth-order valence-electron chi connectivity index (χ4n) is 2.25. The summed E-state index contributed by atoms with van der Waals surface area (Å²) in [4.78, 5) is 0. The van der Waals surface area contributed by atoms with E-state index in [1.807, 2.05) is 23.9 Å². The third-order valence-corrected chi connectivity index (χ3v) is 3.58. The number of nitrogens with zero attached hydrogens (tertiary/aromatic N) is 2. The Morgan fingerprint density at radius 2 is 2.35 bits per heavy atom. The summed E-state index contributed by atoms with van der Waals surface area (Å²) in [6.07, 6.45) is 7.38. The van der Waals surface area contributed by atoms with Gasteiger partial charge in [0, 0.05) is 25.8 Å². The molecule has 0 spiro atoms. The van der Waals surface area contributed by atoms with Crippen LogP contribution in [-0.2, 0) is 13.6 Å². The molecule has 1 fully saturated rings. The largest absolute Gasteiger partial charge is 0.342 e. The predicted octanol–water partition coefficient (Wildman–Crippen LogP) is 2.57. The first-order valence-electron chi connectivity index (χ1n) is 6.51. The highest BCUT2D eigenvalue weighted by Gasteiger charge is 2.24. The zero-order valence-electron chi connectivity index (χ0n) is 10.7. The van der Waals surface area contributed by atoms with Crippen LogP contribution >= 0.6 is 0 Å². The van der Waals surface area contributed by atoms with Crippen molar-refractivity contribution >= 4 is 0 Å². The second-order valence-electron chi connectivity index (χ2n) is 5.12. The standard InChI is InChI=1S/C14H21N3/c1-3-13(6-11-4-5-11)16-9-12-7-14(8-15)17(2)10-12/h7,10-11,13,16H,3-6,9H2,1-2H3. The quantitative estimate of drug-likeness (QED) is 0.817. The lowest BCUT2D eigenvalue weighted by molar-refractivity contribution is 0.445. The SMILES string of the molecule is CCC(CC1CC1)NCc1cc(C#N)n(C)c1. The highest BCUT2D eigenvalue weighted by Crippen LogP contribution is 2.34. The van der Waals surface area contributed by atoms with Crippen molar-refractivity contribution in [3.8, 4) is 6.07 Å². The number of aryl methyl sites for hydroxylation is 1. The van der Waals surface area contributed by atoms with Gasteiger partial charge >= 0.3 is 0 Å². The van der Waals surface area contributed by atoms with Crippen molar-refractivity contribution in [2.75, 3.05) is 0 Å². The lowest BCUT2D eigenvalue weighted by Gasteiger charge is -2.15. The van der Waals surface area contributed by atoms with Gasteiger partial charge in [0.15, 0.2) is 0 Å². The van der Waals surface area contributed by atoms with Crippen LogP contribution in [0.3, 0.4) is 0 Å². The molecule has 0 bridgehead atoms. The average molecular weight is 231 g/mol. The lowest BCUT2D eigenvalue weighted by Crippen LogP contribution is -2.28. The molecular weight excluding hydrogens is 210 g/mol. The summed E-state index contributed by atoms with van der Waals surface area (Å²) in [6.45, 7) is 3.12. The smallest absolute Gasteiger partial charge is 0.120 e. The first-order chi connectivity index (χ1) is 8.22. The van der Waals surface area contributed by atoms with Crippen LogP contribution in [-0.4, -0.2) is 10.6 Å². The Morgan fingerprint density at radius 3 is 2.88 bits per heavy atom. The van der Waals surface area contributed by atoms with E-state index in [2.05, 4.69) is 18.3 Å². The fourth-order valence-corrected chi connectivity index (χ4v) is 2.25. The van der Waals surface area contributed by atoms with E-state index in [1.54, 1.807) is 0 Å². The zero-order valence-corrected chi connectivity index (χ0v) is 10.7. The molecule has 1 aromatic heterocycles. The molecule has 1 atom stereocenters. The highest BCUT2D eigenvalue weighted by molar-refractivity contribution is 5.28. The average Bonchev–Trinajstić information content (AvgIpc) is 3.07. The van der Waals surface area contributed by atoms with Gasteiger partial charge in [0.1, 0.15) is 11.8 Å². The molecule has 1 aromatic rings. The Kier molecular flexibility index (Phi) is 3.86. The number of hydrogen-bond acceptors (Lipinski definition) is 2. The van der Waals surface area contributed by atoms with Crippen LogP contribution in [0, 0.1) is 17.2 Å². The van der Waals surface area contributed by atoms with Gasteiger partial charge in [-0.2, -0.15) is 5.26 Å². The van der Waals surface area contributed by atoms with Crippen LogP contribution < -0.4 is 5.32 Å². The monoisotopic (exact) mass is 231 g/mol. The number of rotatable bonds is 6. The van der Waals surface area contributed by atoms with Crippen molar-refractivity contribution < 1.29 is 0 Å². The topological polar surface area (TPSA) is 40.8 Å².